The molecule has 0 aliphatic rings. The molecule has 0 N–H and O–H groups in total. The van der Waals surface area contributed by atoms with Crippen LogP contribution in [0.5, 0.6) is 11.5 Å². The minimum absolute atomic E-state index is 0. The lowest BCUT2D eigenvalue weighted by Gasteiger charge is -2.38. The molecule has 0 saturated carbocycles. The van der Waals surface area contributed by atoms with Crippen LogP contribution >= 0.6 is 58.8 Å². The highest BCUT2D eigenvalue weighted by Crippen LogP contribution is 2.38. The van der Waals surface area contributed by atoms with Gasteiger partial charge in [-0.2, -0.15) is 26.3 Å². The number of hydrogen-bond acceptors (Lipinski definition) is 7. The average molecular weight is 1190 g/mol. The number of nitrogens with zero attached hydrogens (tertiary/aromatic N) is 2. The van der Waals surface area contributed by atoms with Gasteiger partial charge in [0.1, 0.15) is 11.5 Å². The molecule has 1 unspecified atom stereocenters. The van der Waals surface area contributed by atoms with Gasteiger partial charge in [-0.15, -0.1) is 12.4 Å². The Morgan fingerprint density at radius 1 is 0.532 bits per heavy atom. The summed E-state index contributed by atoms with van der Waals surface area (Å²) in [7, 11) is 2.58. The monoisotopic (exact) mass is 1190 g/mol. The van der Waals surface area contributed by atoms with E-state index in [1.165, 1.54) is 22.3 Å². The second-order valence-electron chi connectivity index (χ2n) is 19.5. The maximum Gasteiger partial charge on any atom is 0.453 e. The maximum atomic E-state index is 13.9. The second-order valence-corrected chi connectivity index (χ2v) is 25.7. The zero-order valence-corrected chi connectivity index (χ0v) is 48.5. The molecule has 0 spiro atoms. The largest absolute Gasteiger partial charge is 0.488 e. The molecular weight excluding hydrogens is 1120 g/mol. The van der Waals surface area contributed by atoms with E-state index in [0.29, 0.717) is 25.8 Å². The first kappa shape index (κ1) is 65.2. The fourth-order valence-electron chi connectivity index (χ4n) is 8.29. The molecule has 0 saturated heterocycles. The first-order chi connectivity index (χ1) is 35.8. The van der Waals surface area contributed by atoms with E-state index < -0.39 is 45.5 Å². The molecule has 0 aromatic heterocycles. The van der Waals surface area contributed by atoms with Crippen LogP contribution in [0.4, 0.5) is 26.3 Å². The molecule has 19 heteroatoms. The first-order valence-corrected chi connectivity index (χ1v) is 29.5. The third-order valence-corrected chi connectivity index (χ3v) is 14.2. The summed E-state index contributed by atoms with van der Waals surface area (Å²) in [5, 5.41) is 2.79. The zero-order chi connectivity index (χ0) is 55.7. The third kappa shape index (κ3) is 21.7. The number of likely N-dealkylation sites (N-methyl/N-ethyl adjacent to an activating group) is 2. The molecule has 6 aromatic rings. The SMILES string of the molecule is CN(CCCc1ccc(OCC(=O)C(F)(F)F)cc1)CC(c1ccc(Cl)cc1)c1ccc(Cl)cc1.COC(COc1ccc(CCCN(C)CC(c2ccc(Cl)cc2)c2ccc(Cl)cc2)cc1)(O[Si](C)(C)C)C(F)(F)F.Cl. The van der Waals surface area contributed by atoms with Crippen LogP contribution in [-0.2, 0) is 26.8 Å². The summed E-state index contributed by atoms with van der Waals surface area (Å²) in [6, 6.07) is 45.5. The molecule has 6 aromatic carbocycles. The van der Waals surface area contributed by atoms with Crippen molar-refractivity contribution in [2.75, 3.05) is 60.6 Å². The molecule has 77 heavy (non-hydrogen) atoms. The standard InChI is InChI=1S/C31H38Cl2F3NO3Si.C27H26Cl2F3NO2.ClH/c1-37(21-29(24-10-14-26(32)15-11-24)25-12-16-27(33)17-13-25)20-6-7-23-8-18-28(19-9-23)39-22-30(38-2,31(34,35)36)40-41(3,4)5;1-33(16-2-3-19-4-14-24(15-5-19)35-18-26(34)27(30,31)32)17-25(20-6-10-22(28)11-7-20)21-8-12-23(29)13-9-21;/h8-19,29H,6-7,20-22H2,1-5H3;4-15,25H,2-3,16-18H2,1H3;1H. The van der Waals surface area contributed by atoms with Gasteiger partial charge in [0.15, 0.2) is 21.5 Å². The summed E-state index contributed by atoms with van der Waals surface area (Å²) >= 11 is 24.4. The first-order valence-electron chi connectivity index (χ1n) is 24.6. The van der Waals surface area contributed by atoms with Crippen LogP contribution in [0, 0.1) is 0 Å². The van der Waals surface area contributed by atoms with Crippen molar-refractivity contribution < 1.29 is 49.8 Å². The third-order valence-electron chi connectivity index (χ3n) is 12.3. The van der Waals surface area contributed by atoms with Gasteiger partial charge in [-0.3, -0.25) is 4.79 Å². The molecule has 1 atom stereocenters. The van der Waals surface area contributed by atoms with Crippen LogP contribution in [0.1, 0.15) is 58.1 Å². The Kier molecular flexibility index (Phi) is 25.7. The van der Waals surface area contributed by atoms with Gasteiger partial charge in [0.2, 0.25) is 0 Å². The predicted octanol–water partition coefficient (Wildman–Crippen LogP) is 16.4. The van der Waals surface area contributed by atoms with Crippen molar-refractivity contribution in [3.63, 3.8) is 0 Å². The van der Waals surface area contributed by atoms with Crippen LogP contribution in [0.2, 0.25) is 39.7 Å². The highest BCUT2D eigenvalue weighted by Gasteiger charge is 2.60. The summed E-state index contributed by atoms with van der Waals surface area (Å²) in [5.41, 5.74) is 6.81. The fraction of sp³-hybridized carbons (Fsp3) is 0.362. The van der Waals surface area contributed by atoms with Crippen molar-refractivity contribution in [3.05, 3.63) is 199 Å². The van der Waals surface area contributed by atoms with Crippen LogP contribution in [-0.4, -0.2) is 103 Å². The number of Topliss-reactive ketones (excluding diaryl/α,β-unsaturated/α-hetero) is 1. The summed E-state index contributed by atoms with van der Waals surface area (Å²) in [6.45, 7) is 6.57. The lowest BCUT2D eigenvalue weighted by molar-refractivity contribution is -0.355. The minimum Gasteiger partial charge on any atom is -0.488 e. The minimum atomic E-state index is -4.88. The van der Waals surface area contributed by atoms with Gasteiger partial charge in [-0.25, -0.2) is 0 Å². The number of carbonyl (C=O) groups is 1. The Balaban J connectivity index is 0.000000332. The number of rotatable bonds is 25. The molecule has 0 fully saturated rings. The van der Waals surface area contributed by atoms with Crippen molar-refractivity contribution in [1.82, 2.24) is 9.80 Å². The smallest absolute Gasteiger partial charge is 0.453 e. The van der Waals surface area contributed by atoms with E-state index in [4.69, 9.17) is 65.0 Å². The number of ether oxygens (including phenoxy) is 3. The number of alkyl halides is 6. The van der Waals surface area contributed by atoms with Gasteiger partial charge in [-0.1, -0.05) is 119 Å². The molecule has 0 radical (unpaired) electrons. The van der Waals surface area contributed by atoms with Crippen LogP contribution in [0.3, 0.4) is 0 Å². The summed E-state index contributed by atoms with van der Waals surface area (Å²) in [4.78, 5) is 15.5. The molecule has 0 heterocycles. The van der Waals surface area contributed by atoms with Gasteiger partial charge in [0.25, 0.3) is 11.6 Å². The summed E-state index contributed by atoms with van der Waals surface area (Å²) in [5.74, 6) is -3.84. The lowest BCUT2D eigenvalue weighted by atomic mass is 9.91. The second kappa shape index (κ2) is 30.3. The zero-order valence-electron chi connectivity index (χ0n) is 43.7. The maximum absolute atomic E-state index is 13.9. The van der Waals surface area contributed by atoms with E-state index in [2.05, 4.69) is 48.2 Å². The normalized spacial score (nSPS) is 12.8. The number of halogens is 11. The van der Waals surface area contributed by atoms with Crippen LogP contribution in [0.15, 0.2) is 146 Å². The Morgan fingerprint density at radius 2 is 0.857 bits per heavy atom. The molecule has 0 amide bonds. The number of methoxy groups -OCH3 is 1. The van der Waals surface area contributed by atoms with E-state index >= 15 is 0 Å². The summed E-state index contributed by atoms with van der Waals surface area (Å²) in [6.07, 6.45) is -6.19. The van der Waals surface area contributed by atoms with Gasteiger partial charge in [-0.05, 0) is 179 Å². The van der Waals surface area contributed by atoms with E-state index in [1.807, 2.05) is 84.9 Å². The van der Waals surface area contributed by atoms with Crippen molar-refractivity contribution in [2.45, 2.75) is 75.3 Å². The molecule has 0 aliphatic carbocycles. The van der Waals surface area contributed by atoms with Crippen molar-refractivity contribution in [1.29, 1.82) is 0 Å². The highest BCUT2D eigenvalue weighted by atomic mass is 35.5. The number of benzene rings is 6. The topological polar surface area (TPSA) is 60.5 Å². The Morgan fingerprint density at radius 3 is 1.14 bits per heavy atom. The Hall–Kier alpha value is -4.32. The van der Waals surface area contributed by atoms with Gasteiger partial charge >= 0.3 is 12.4 Å². The van der Waals surface area contributed by atoms with Crippen molar-refractivity contribution in [2.24, 2.45) is 0 Å². The van der Waals surface area contributed by atoms with E-state index in [-0.39, 0.29) is 30.0 Å². The molecule has 0 bridgehead atoms. The lowest BCUT2D eigenvalue weighted by Crippen LogP contribution is -2.58. The number of carbonyl (C=O) groups excluding carboxylic acids is 1. The highest BCUT2D eigenvalue weighted by molar-refractivity contribution is 6.69. The fourth-order valence-corrected chi connectivity index (χ4v) is 10.0. The van der Waals surface area contributed by atoms with Gasteiger partial charge < -0.3 is 28.4 Å². The van der Waals surface area contributed by atoms with Crippen LogP contribution < -0.4 is 9.47 Å². The summed E-state index contributed by atoms with van der Waals surface area (Å²) < 4.78 is 99.1. The molecule has 7 nitrogen and oxygen atoms in total. The molecule has 418 valence electrons. The molecular formula is C58H65Cl5F6N2O5Si. The predicted molar refractivity (Wildman–Crippen MR) is 304 cm³/mol. The number of hydrogen-bond donors (Lipinski definition) is 0. The average Bonchev–Trinajstić information content (AvgIpc) is 3.36. The van der Waals surface area contributed by atoms with Crippen molar-refractivity contribution in [3.8, 4) is 11.5 Å². The number of ketones is 1. The Labute approximate surface area is 476 Å². The van der Waals surface area contributed by atoms with Gasteiger partial charge in [0.05, 0.1) is 0 Å². The van der Waals surface area contributed by atoms with Crippen LogP contribution in [0.25, 0.3) is 0 Å². The van der Waals surface area contributed by atoms with E-state index in [1.54, 1.807) is 56.0 Å². The number of aryl methyl sites for hydroxylation is 2. The van der Waals surface area contributed by atoms with Gasteiger partial charge in [0, 0.05) is 52.1 Å². The van der Waals surface area contributed by atoms with E-state index in [9.17, 15) is 31.1 Å². The molecule has 6 rings (SSSR count). The van der Waals surface area contributed by atoms with E-state index in [0.717, 1.165) is 70.1 Å². The Bertz CT molecular complexity index is 2590. The van der Waals surface area contributed by atoms with Crippen molar-refractivity contribution >= 4 is 72.9 Å². The molecule has 0 aliphatic heterocycles. The quantitative estimate of drug-likeness (QED) is 0.0322.